The van der Waals surface area contributed by atoms with Crippen molar-refractivity contribution in [3.63, 3.8) is 0 Å². The number of hydrogen-bond acceptors (Lipinski definition) is 7. The van der Waals surface area contributed by atoms with E-state index < -0.39 is 5.91 Å². The molecule has 0 aliphatic carbocycles. The third-order valence-electron chi connectivity index (χ3n) is 4.29. The first-order valence-electron chi connectivity index (χ1n) is 8.49. The molecule has 3 aromatic rings. The number of hydrazine groups is 1. The molecule has 148 valence electrons. The van der Waals surface area contributed by atoms with E-state index in [1.54, 1.807) is 36.4 Å². The number of aromatic hydroxyl groups is 1. The van der Waals surface area contributed by atoms with Gasteiger partial charge in [0.2, 0.25) is 0 Å². The zero-order valence-corrected chi connectivity index (χ0v) is 16.5. The standard InChI is InChI=1S/C20H18N4O4S/c1-10(25)11-3-5-15-13(7-11)14(19(27)23-20(29)24-21)9-16(22-15)12-4-6-17(26)18(8-12)28-2/h3-9,26H,21H2,1-2H3,(H2,23,24,27,29). The molecule has 5 N–H and O–H groups in total. The van der Waals surface area contributed by atoms with Crippen LogP contribution in [0.4, 0.5) is 0 Å². The quantitative estimate of drug-likeness (QED) is 0.223. The van der Waals surface area contributed by atoms with Crippen molar-refractivity contribution >= 4 is 39.9 Å². The second-order valence-corrected chi connectivity index (χ2v) is 6.57. The van der Waals surface area contributed by atoms with Crippen molar-refractivity contribution in [2.45, 2.75) is 6.92 Å². The Kier molecular flexibility index (Phi) is 5.71. The highest BCUT2D eigenvalue weighted by atomic mass is 32.1. The lowest BCUT2D eigenvalue weighted by Crippen LogP contribution is -2.42. The summed E-state index contributed by atoms with van der Waals surface area (Å²) in [6, 6.07) is 11.2. The lowest BCUT2D eigenvalue weighted by Gasteiger charge is -2.12. The Morgan fingerprint density at radius 2 is 1.93 bits per heavy atom. The van der Waals surface area contributed by atoms with Gasteiger partial charge in [0.05, 0.1) is 23.9 Å². The van der Waals surface area contributed by atoms with Gasteiger partial charge in [0.1, 0.15) is 0 Å². The molecule has 1 amide bonds. The van der Waals surface area contributed by atoms with Crippen LogP contribution in [0.25, 0.3) is 22.2 Å². The van der Waals surface area contributed by atoms with Crippen LogP contribution >= 0.6 is 12.2 Å². The number of nitrogens with zero attached hydrogens (tertiary/aromatic N) is 1. The van der Waals surface area contributed by atoms with Crippen molar-refractivity contribution in [2.75, 3.05) is 7.11 Å². The Labute approximate surface area is 171 Å². The van der Waals surface area contributed by atoms with Crippen LogP contribution in [0.2, 0.25) is 0 Å². The molecule has 0 atom stereocenters. The number of pyridine rings is 1. The molecule has 0 spiro atoms. The van der Waals surface area contributed by atoms with Gasteiger partial charge >= 0.3 is 0 Å². The lowest BCUT2D eigenvalue weighted by molar-refractivity contribution is 0.0975. The van der Waals surface area contributed by atoms with Gasteiger partial charge in [-0.05, 0) is 61.6 Å². The first kappa shape index (κ1) is 20.2. The number of ether oxygens (including phenoxy) is 1. The van der Waals surface area contributed by atoms with E-state index >= 15 is 0 Å². The van der Waals surface area contributed by atoms with Crippen LogP contribution in [0.5, 0.6) is 11.5 Å². The predicted octanol–water partition coefficient (Wildman–Crippen LogP) is 2.30. The van der Waals surface area contributed by atoms with Crippen LogP contribution < -0.4 is 21.3 Å². The number of methoxy groups -OCH3 is 1. The number of nitrogens with two attached hydrogens (primary N) is 1. The Bertz CT molecular complexity index is 1150. The zero-order valence-electron chi connectivity index (χ0n) is 15.6. The van der Waals surface area contributed by atoms with Crippen LogP contribution in [0.15, 0.2) is 42.5 Å². The molecule has 1 heterocycles. The molecule has 0 saturated carbocycles. The molecule has 29 heavy (non-hydrogen) atoms. The van der Waals surface area contributed by atoms with Crippen molar-refractivity contribution in [2.24, 2.45) is 5.84 Å². The molecule has 0 radical (unpaired) electrons. The molecular formula is C20H18N4O4S. The number of rotatable bonds is 4. The summed E-state index contributed by atoms with van der Waals surface area (Å²) in [5, 5.41) is 12.8. The fourth-order valence-corrected chi connectivity index (χ4v) is 2.92. The number of phenolic OH excluding ortho intramolecular Hbond substituents is 1. The minimum atomic E-state index is -0.506. The average Bonchev–Trinajstić information content (AvgIpc) is 2.72. The molecule has 1 aromatic heterocycles. The van der Waals surface area contributed by atoms with Gasteiger partial charge < -0.3 is 15.3 Å². The first-order chi connectivity index (χ1) is 13.8. The fourth-order valence-electron chi connectivity index (χ4n) is 2.82. The zero-order chi connectivity index (χ0) is 21.1. The summed E-state index contributed by atoms with van der Waals surface area (Å²) in [4.78, 5) is 29.2. The molecular weight excluding hydrogens is 392 g/mol. The molecule has 0 unspecified atom stereocenters. The van der Waals surface area contributed by atoms with Gasteiger partial charge in [-0.1, -0.05) is 0 Å². The molecule has 0 aliphatic rings. The van der Waals surface area contributed by atoms with E-state index in [4.69, 9.17) is 22.8 Å². The van der Waals surface area contributed by atoms with Gasteiger partial charge in [0.25, 0.3) is 5.91 Å². The second-order valence-electron chi connectivity index (χ2n) is 6.16. The van der Waals surface area contributed by atoms with Crippen molar-refractivity contribution in [1.29, 1.82) is 0 Å². The first-order valence-corrected chi connectivity index (χ1v) is 8.90. The summed E-state index contributed by atoms with van der Waals surface area (Å²) in [5.41, 5.74) is 4.52. The topological polar surface area (TPSA) is 127 Å². The van der Waals surface area contributed by atoms with Gasteiger partial charge in [-0.25, -0.2) is 10.8 Å². The number of fused-ring (bicyclic) bond motifs is 1. The smallest absolute Gasteiger partial charge is 0.258 e. The molecule has 0 saturated heterocycles. The Balaban J connectivity index is 2.23. The monoisotopic (exact) mass is 410 g/mol. The number of Topliss-reactive ketones (excluding diaryl/α,β-unsaturated/α-hetero) is 1. The van der Waals surface area contributed by atoms with E-state index in [2.05, 4.69) is 15.7 Å². The molecule has 2 aromatic carbocycles. The van der Waals surface area contributed by atoms with Crippen LogP contribution in [0, 0.1) is 0 Å². The lowest BCUT2D eigenvalue weighted by atomic mass is 10.0. The Morgan fingerprint density at radius 1 is 1.17 bits per heavy atom. The van der Waals surface area contributed by atoms with E-state index in [9.17, 15) is 14.7 Å². The Morgan fingerprint density at radius 3 is 2.59 bits per heavy atom. The number of ketones is 1. The number of carbonyl (C=O) groups is 2. The predicted molar refractivity (Wildman–Crippen MR) is 113 cm³/mol. The summed E-state index contributed by atoms with van der Waals surface area (Å²) in [7, 11) is 1.44. The van der Waals surface area contributed by atoms with Crippen molar-refractivity contribution < 1.29 is 19.4 Å². The van der Waals surface area contributed by atoms with Gasteiger partial charge in [-0.3, -0.25) is 14.9 Å². The summed E-state index contributed by atoms with van der Waals surface area (Å²) >= 11 is 4.91. The van der Waals surface area contributed by atoms with Crippen LogP contribution in [0.1, 0.15) is 27.6 Å². The third kappa shape index (κ3) is 4.15. The number of hydrogen-bond donors (Lipinski definition) is 4. The van der Waals surface area contributed by atoms with Crippen LogP contribution in [-0.4, -0.2) is 34.0 Å². The van der Waals surface area contributed by atoms with Gasteiger partial charge in [0.15, 0.2) is 22.4 Å². The molecule has 9 heteroatoms. The molecule has 0 aliphatic heterocycles. The third-order valence-corrected chi connectivity index (χ3v) is 4.51. The highest BCUT2D eigenvalue weighted by molar-refractivity contribution is 7.80. The summed E-state index contributed by atoms with van der Waals surface area (Å²) < 4.78 is 5.15. The maximum absolute atomic E-state index is 12.8. The van der Waals surface area contributed by atoms with E-state index in [1.165, 1.54) is 20.1 Å². The molecule has 8 nitrogen and oxygen atoms in total. The molecule has 3 rings (SSSR count). The van der Waals surface area contributed by atoms with E-state index in [-0.39, 0.29) is 28.0 Å². The van der Waals surface area contributed by atoms with E-state index in [1.807, 2.05) is 0 Å². The number of nitrogens with one attached hydrogen (secondary N) is 2. The number of thiocarbonyl (C=S) groups is 1. The minimum absolute atomic E-state index is 0.0134. The molecule has 0 bridgehead atoms. The maximum atomic E-state index is 12.8. The highest BCUT2D eigenvalue weighted by Crippen LogP contribution is 2.32. The summed E-state index contributed by atoms with van der Waals surface area (Å²) in [6.45, 7) is 1.44. The Hall–Kier alpha value is -3.56. The van der Waals surface area contributed by atoms with Crippen LogP contribution in [0.3, 0.4) is 0 Å². The van der Waals surface area contributed by atoms with Gasteiger partial charge in [-0.15, -0.1) is 0 Å². The van der Waals surface area contributed by atoms with E-state index in [0.717, 1.165) is 0 Å². The number of aromatic nitrogens is 1. The summed E-state index contributed by atoms with van der Waals surface area (Å²) in [6.07, 6.45) is 0. The van der Waals surface area contributed by atoms with Crippen molar-refractivity contribution in [3.8, 4) is 22.8 Å². The largest absolute Gasteiger partial charge is 0.504 e. The van der Waals surface area contributed by atoms with Gasteiger partial charge in [0, 0.05) is 16.5 Å². The maximum Gasteiger partial charge on any atom is 0.258 e. The number of phenols is 1. The number of amides is 1. The minimum Gasteiger partial charge on any atom is -0.504 e. The number of benzene rings is 2. The van der Waals surface area contributed by atoms with Gasteiger partial charge in [-0.2, -0.15) is 0 Å². The summed E-state index contributed by atoms with van der Waals surface area (Å²) in [5.74, 6) is 4.86. The SMILES string of the molecule is COc1cc(-c2cc(C(=O)NC(=S)NN)c3cc(C(C)=O)ccc3n2)ccc1O. The van der Waals surface area contributed by atoms with Crippen molar-refractivity contribution in [3.05, 3.63) is 53.6 Å². The van der Waals surface area contributed by atoms with E-state index in [0.29, 0.717) is 27.7 Å². The van der Waals surface area contributed by atoms with Crippen LogP contribution in [-0.2, 0) is 0 Å². The highest BCUT2D eigenvalue weighted by Gasteiger charge is 2.17. The number of carbonyl (C=O) groups excluding carboxylic acids is 2. The fraction of sp³-hybridized carbons (Fsp3) is 0.100. The second kappa shape index (κ2) is 8.21. The average molecular weight is 410 g/mol. The van der Waals surface area contributed by atoms with Crippen molar-refractivity contribution in [1.82, 2.24) is 15.7 Å². The molecule has 0 fully saturated rings. The normalized spacial score (nSPS) is 10.4.